The summed E-state index contributed by atoms with van der Waals surface area (Å²) >= 11 is 0. The first-order chi connectivity index (χ1) is 5.60. The van der Waals surface area contributed by atoms with E-state index in [1.54, 1.807) is 0 Å². The van der Waals surface area contributed by atoms with E-state index in [9.17, 15) is 4.79 Å². The summed E-state index contributed by atoms with van der Waals surface area (Å²) < 4.78 is 0. The lowest BCUT2D eigenvalue weighted by molar-refractivity contribution is -0.126. The molecule has 0 bridgehead atoms. The van der Waals surface area contributed by atoms with E-state index in [2.05, 4.69) is 5.32 Å². The van der Waals surface area contributed by atoms with Gasteiger partial charge in [0.15, 0.2) is 0 Å². The molecule has 4 nitrogen and oxygen atoms in total. The Bertz CT molecular complexity index is 143. The van der Waals surface area contributed by atoms with Crippen molar-refractivity contribution in [2.45, 2.75) is 32.2 Å². The van der Waals surface area contributed by atoms with Gasteiger partial charge in [-0.2, -0.15) is 0 Å². The van der Waals surface area contributed by atoms with Crippen LogP contribution in [0.2, 0.25) is 0 Å². The largest absolute Gasteiger partial charge is 0.353 e. The van der Waals surface area contributed by atoms with Crippen molar-refractivity contribution in [3.05, 3.63) is 0 Å². The molecular formula is C8H19N3O. The second-order valence-corrected chi connectivity index (χ2v) is 2.91. The predicted octanol–water partition coefficient (Wildman–Crippen LogP) is -0.421. The molecule has 0 aromatic heterocycles. The fraction of sp³-hybridized carbons (Fsp3) is 0.875. The van der Waals surface area contributed by atoms with Gasteiger partial charge in [0.1, 0.15) is 0 Å². The van der Waals surface area contributed by atoms with Crippen LogP contribution < -0.4 is 16.8 Å². The Morgan fingerprint density at radius 1 is 1.42 bits per heavy atom. The second-order valence-electron chi connectivity index (χ2n) is 2.91. The highest BCUT2D eigenvalue weighted by Gasteiger charge is 2.28. The molecule has 0 aliphatic heterocycles. The van der Waals surface area contributed by atoms with Crippen molar-refractivity contribution in [3.8, 4) is 0 Å². The van der Waals surface area contributed by atoms with Gasteiger partial charge >= 0.3 is 0 Å². The third kappa shape index (κ3) is 2.79. The highest BCUT2D eigenvalue weighted by atomic mass is 16.2. The van der Waals surface area contributed by atoms with Crippen LogP contribution in [0.5, 0.6) is 0 Å². The van der Waals surface area contributed by atoms with E-state index in [1.807, 2.05) is 13.8 Å². The van der Waals surface area contributed by atoms with Gasteiger partial charge in [0.2, 0.25) is 5.91 Å². The molecule has 0 aromatic rings. The maximum Gasteiger partial charge on any atom is 0.240 e. The molecule has 0 saturated carbocycles. The third-order valence-electron chi connectivity index (χ3n) is 2.14. The van der Waals surface area contributed by atoms with Crippen LogP contribution in [0, 0.1) is 0 Å². The van der Waals surface area contributed by atoms with Crippen LogP contribution in [0.3, 0.4) is 0 Å². The normalized spacial score (nSPS) is 11.3. The Balaban J connectivity index is 4.03. The summed E-state index contributed by atoms with van der Waals surface area (Å²) in [6.07, 6.45) is 1.31. The van der Waals surface area contributed by atoms with Crippen molar-refractivity contribution in [2.24, 2.45) is 11.5 Å². The van der Waals surface area contributed by atoms with Crippen LogP contribution in [0.4, 0.5) is 0 Å². The zero-order chi connectivity index (χ0) is 9.61. The lowest BCUT2D eigenvalue weighted by Gasteiger charge is -2.24. The predicted molar refractivity (Wildman–Crippen MR) is 49.6 cm³/mol. The van der Waals surface area contributed by atoms with Crippen LogP contribution >= 0.6 is 0 Å². The number of rotatable bonds is 5. The molecule has 0 radical (unpaired) electrons. The minimum Gasteiger partial charge on any atom is -0.353 e. The van der Waals surface area contributed by atoms with Gasteiger partial charge in [0.05, 0.1) is 5.54 Å². The van der Waals surface area contributed by atoms with E-state index in [4.69, 9.17) is 11.5 Å². The highest BCUT2D eigenvalue weighted by molar-refractivity contribution is 5.85. The summed E-state index contributed by atoms with van der Waals surface area (Å²) in [6, 6.07) is 0. The summed E-state index contributed by atoms with van der Waals surface area (Å²) in [6.45, 7) is 4.77. The number of hydrogen-bond acceptors (Lipinski definition) is 3. The lowest BCUT2D eigenvalue weighted by atomic mass is 9.93. The van der Waals surface area contributed by atoms with E-state index in [1.165, 1.54) is 0 Å². The van der Waals surface area contributed by atoms with Gasteiger partial charge in [-0.1, -0.05) is 13.8 Å². The molecule has 5 N–H and O–H groups in total. The van der Waals surface area contributed by atoms with Gasteiger partial charge in [-0.25, -0.2) is 0 Å². The topological polar surface area (TPSA) is 81.1 Å². The molecule has 0 rings (SSSR count). The Morgan fingerprint density at radius 3 is 2.25 bits per heavy atom. The molecule has 0 unspecified atom stereocenters. The summed E-state index contributed by atoms with van der Waals surface area (Å²) in [4.78, 5) is 11.4. The number of carbonyl (C=O) groups is 1. The van der Waals surface area contributed by atoms with E-state index in [0.29, 0.717) is 25.9 Å². The molecule has 0 aliphatic carbocycles. The smallest absolute Gasteiger partial charge is 0.240 e. The van der Waals surface area contributed by atoms with Gasteiger partial charge in [0, 0.05) is 13.1 Å². The molecule has 0 atom stereocenters. The van der Waals surface area contributed by atoms with Crippen molar-refractivity contribution in [2.75, 3.05) is 13.1 Å². The maximum atomic E-state index is 11.4. The zero-order valence-electron chi connectivity index (χ0n) is 7.89. The average molecular weight is 173 g/mol. The molecule has 0 heterocycles. The van der Waals surface area contributed by atoms with Crippen molar-refractivity contribution < 1.29 is 4.79 Å². The zero-order valence-corrected chi connectivity index (χ0v) is 7.89. The van der Waals surface area contributed by atoms with Crippen molar-refractivity contribution in [3.63, 3.8) is 0 Å². The lowest BCUT2D eigenvalue weighted by Crippen LogP contribution is -2.53. The first-order valence-electron chi connectivity index (χ1n) is 4.38. The van der Waals surface area contributed by atoms with E-state index < -0.39 is 5.54 Å². The fourth-order valence-electron chi connectivity index (χ4n) is 0.933. The number of amides is 1. The molecule has 0 spiro atoms. The standard InChI is InChI=1S/C8H19N3O/c1-3-8(10,4-2)7(12)11-6-5-9/h3-6,9-10H2,1-2H3,(H,11,12). The Morgan fingerprint density at radius 2 is 1.92 bits per heavy atom. The number of nitrogens with two attached hydrogens (primary N) is 2. The summed E-state index contributed by atoms with van der Waals surface area (Å²) in [7, 11) is 0. The number of carbonyl (C=O) groups excluding carboxylic acids is 1. The summed E-state index contributed by atoms with van der Waals surface area (Å²) in [5.41, 5.74) is 10.4. The Kier molecular flexibility index (Phi) is 4.85. The third-order valence-corrected chi connectivity index (χ3v) is 2.14. The van der Waals surface area contributed by atoms with Gasteiger partial charge in [-0.05, 0) is 12.8 Å². The first kappa shape index (κ1) is 11.4. The number of hydrogen-bond donors (Lipinski definition) is 3. The minimum atomic E-state index is -0.713. The second kappa shape index (κ2) is 5.11. The first-order valence-corrected chi connectivity index (χ1v) is 4.38. The van der Waals surface area contributed by atoms with Crippen molar-refractivity contribution >= 4 is 5.91 Å². The SMILES string of the molecule is CCC(N)(CC)C(=O)NCCN. The Hall–Kier alpha value is -0.610. The van der Waals surface area contributed by atoms with Crippen LogP contribution in [0.1, 0.15) is 26.7 Å². The molecule has 0 aliphatic rings. The molecular weight excluding hydrogens is 154 g/mol. The molecule has 12 heavy (non-hydrogen) atoms. The fourth-order valence-corrected chi connectivity index (χ4v) is 0.933. The van der Waals surface area contributed by atoms with Crippen LogP contribution in [0.25, 0.3) is 0 Å². The van der Waals surface area contributed by atoms with Gasteiger partial charge in [-0.15, -0.1) is 0 Å². The number of nitrogens with one attached hydrogen (secondary N) is 1. The van der Waals surface area contributed by atoms with E-state index >= 15 is 0 Å². The molecule has 4 heteroatoms. The molecule has 0 aromatic carbocycles. The Labute approximate surface area is 73.7 Å². The van der Waals surface area contributed by atoms with Gasteiger partial charge in [-0.3, -0.25) is 4.79 Å². The average Bonchev–Trinajstić information content (AvgIpc) is 2.12. The van der Waals surface area contributed by atoms with Gasteiger partial charge in [0.25, 0.3) is 0 Å². The molecule has 0 fully saturated rings. The monoisotopic (exact) mass is 173 g/mol. The van der Waals surface area contributed by atoms with Crippen LogP contribution in [-0.2, 0) is 4.79 Å². The van der Waals surface area contributed by atoms with E-state index in [0.717, 1.165) is 0 Å². The van der Waals surface area contributed by atoms with Crippen molar-refractivity contribution in [1.82, 2.24) is 5.32 Å². The molecule has 1 amide bonds. The van der Waals surface area contributed by atoms with E-state index in [-0.39, 0.29) is 5.91 Å². The van der Waals surface area contributed by atoms with Gasteiger partial charge < -0.3 is 16.8 Å². The summed E-state index contributed by atoms with van der Waals surface area (Å²) in [5.74, 6) is -0.0991. The highest BCUT2D eigenvalue weighted by Crippen LogP contribution is 2.10. The summed E-state index contributed by atoms with van der Waals surface area (Å²) in [5, 5.41) is 2.69. The van der Waals surface area contributed by atoms with Crippen LogP contribution in [0.15, 0.2) is 0 Å². The maximum absolute atomic E-state index is 11.4. The van der Waals surface area contributed by atoms with Crippen LogP contribution in [-0.4, -0.2) is 24.5 Å². The minimum absolute atomic E-state index is 0.0991. The quantitative estimate of drug-likeness (QED) is 0.528. The van der Waals surface area contributed by atoms with Crippen molar-refractivity contribution in [1.29, 1.82) is 0 Å². The molecule has 72 valence electrons. The molecule has 0 saturated heterocycles.